The molecule has 4 nitrogen and oxygen atoms in total. The van der Waals surface area contributed by atoms with E-state index >= 15 is 0 Å². The number of carbonyl (C=O) groups is 2. The number of nitrogens with zero attached hydrogens (tertiary/aromatic N) is 1. The highest BCUT2D eigenvalue weighted by molar-refractivity contribution is 9.10. The molecule has 0 radical (unpaired) electrons. The molecule has 0 atom stereocenters. The summed E-state index contributed by atoms with van der Waals surface area (Å²) in [5, 5.41) is 0. The molecule has 0 saturated heterocycles. The van der Waals surface area contributed by atoms with Crippen molar-refractivity contribution < 1.29 is 9.59 Å². The highest BCUT2D eigenvalue weighted by atomic mass is 79.9. The zero-order valence-corrected chi connectivity index (χ0v) is 21.0. The van der Waals surface area contributed by atoms with Gasteiger partial charge in [-0.3, -0.25) is 19.7 Å². The quantitative estimate of drug-likeness (QED) is 0.255. The van der Waals surface area contributed by atoms with Crippen molar-refractivity contribution in [3.8, 4) is 33.6 Å². The summed E-state index contributed by atoms with van der Waals surface area (Å²) in [6, 6.07) is 32.7. The molecule has 174 valence electrons. The molecule has 5 heteroatoms. The third-order valence-electron chi connectivity index (χ3n) is 6.53. The standard InChI is InChI=1S/C31H21BrN2O2/c1-19-11-13-21(14-12-19)28-26(20-15-17-23(32)18-16-20)27-29(24-9-5-6-10-25(24)30(27)35)34(28)33-31(36)22-7-3-2-4-8-22/h2-18H,1H3,(H,33,36). The molecule has 1 aliphatic carbocycles. The van der Waals surface area contributed by atoms with Gasteiger partial charge < -0.3 is 0 Å². The first-order chi connectivity index (χ1) is 17.5. The second-order valence-electron chi connectivity index (χ2n) is 8.84. The van der Waals surface area contributed by atoms with Gasteiger partial charge in [-0.1, -0.05) is 100 Å². The molecule has 4 aromatic carbocycles. The highest BCUT2D eigenvalue weighted by Crippen LogP contribution is 2.48. The fourth-order valence-electron chi connectivity index (χ4n) is 4.82. The van der Waals surface area contributed by atoms with Gasteiger partial charge in [0.1, 0.15) is 0 Å². The molecule has 5 aromatic rings. The van der Waals surface area contributed by atoms with E-state index in [0.29, 0.717) is 22.4 Å². The van der Waals surface area contributed by atoms with Crippen LogP contribution in [-0.2, 0) is 0 Å². The Morgan fingerprint density at radius 2 is 1.31 bits per heavy atom. The average Bonchev–Trinajstić information content (AvgIpc) is 3.38. The minimum atomic E-state index is -0.249. The molecule has 1 amide bonds. The van der Waals surface area contributed by atoms with Gasteiger partial charge in [0.2, 0.25) is 0 Å². The van der Waals surface area contributed by atoms with Crippen molar-refractivity contribution in [2.24, 2.45) is 0 Å². The minimum Gasteiger partial charge on any atom is -0.288 e. The Morgan fingerprint density at radius 1 is 0.694 bits per heavy atom. The predicted molar refractivity (Wildman–Crippen MR) is 147 cm³/mol. The number of aromatic nitrogens is 1. The number of aryl methyl sites for hydroxylation is 1. The topological polar surface area (TPSA) is 51.1 Å². The summed E-state index contributed by atoms with van der Waals surface area (Å²) in [6.45, 7) is 2.04. The number of ketones is 1. The summed E-state index contributed by atoms with van der Waals surface area (Å²) in [5.74, 6) is -0.291. The second-order valence-corrected chi connectivity index (χ2v) is 9.75. The van der Waals surface area contributed by atoms with Gasteiger partial charge in [0.05, 0.1) is 17.0 Å². The van der Waals surface area contributed by atoms with Crippen molar-refractivity contribution >= 4 is 27.6 Å². The summed E-state index contributed by atoms with van der Waals surface area (Å²) in [7, 11) is 0. The van der Waals surface area contributed by atoms with E-state index in [9.17, 15) is 9.59 Å². The van der Waals surface area contributed by atoms with Crippen LogP contribution in [-0.4, -0.2) is 16.4 Å². The molecule has 1 aliphatic rings. The van der Waals surface area contributed by atoms with Gasteiger partial charge in [-0.2, -0.15) is 0 Å². The maximum absolute atomic E-state index is 13.8. The lowest BCUT2D eigenvalue weighted by Crippen LogP contribution is -2.24. The molecule has 0 bridgehead atoms. The first-order valence-electron chi connectivity index (χ1n) is 11.6. The Morgan fingerprint density at radius 3 is 2.00 bits per heavy atom. The fourth-order valence-corrected chi connectivity index (χ4v) is 5.08. The van der Waals surface area contributed by atoms with Gasteiger partial charge in [0, 0.05) is 32.3 Å². The van der Waals surface area contributed by atoms with Crippen molar-refractivity contribution in [3.05, 3.63) is 130 Å². The molecular formula is C31H21BrN2O2. The van der Waals surface area contributed by atoms with Crippen molar-refractivity contribution in [2.45, 2.75) is 6.92 Å². The van der Waals surface area contributed by atoms with Crippen LogP contribution in [0.3, 0.4) is 0 Å². The number of amides is 1. The number of rotatable bonds is 4. The van der Waals surface area contributed by atoms with Crippen molar-refractivity contribution in [3.63, 3.8) is 0 Å². The van der Waals surface area contributed by atoms with E-state index in [-0.39, 0.29) is 11.7 Å². The van der Waals surface area contributed by atoms with Crippen LogP contribution in [0.15, 0.2) is 108 Å². The third-order valence-corrected chi connectivity index (χ3v) is 7.06. The van der Waals surface area contributed by atoms with Gasteiger partial charge >= 0.3 is 0 Å². The van der Waals surface area contributed by atoms with E-state index in [1.54, 1.807) is 16.8 Å². The Kier molecular flexibility index (Phi) is 5.42. The van der Waals surface area contributed by atoms with Crippen LogP contribution >= 0.6 is 15.9 Å². The zero-order chi connectivity index (χ0) is 24.8. The Balaban J connectivity index is 1.68. The molecule has 0 unspecified atom stereocenters. The number of fused-ring (bicyclic) bond motifs is 3. The fraction of sp³-hybridized carbons (Fsp3) is 0.0323. The molecule has 0 spiro atoms. The zero-order valence-electron chi connectivity index (χ0n) is 19.5. The first kappa shape index (κ1) is 22.3. The lowest BCUT2D eigenvalue weighted by Gasteiger charge is -2.17. The molecule has 0 aliphatic heterocycles. The molecule has 36 heavy (non-hydrogen) atoms. The van der Waals surface area contributed by atoms with Gasteiger partial charge in [0.15, 0.2) is 5.78 Å². The SMILES string of the molecule is Cc1ccc(-c2c(-c3ccc(Br)cc3)c3c(n2NC(=O)c2ccccc2)-c2ccccc2C3=O)cc1. The maximum Gasteiger partial charge on any atom is 0.270 e. The number of benzene rings is 4. The van der Waals surface area contributed by atoms with Crippen LogP contribution in [0.1, 0.15) is 31.8 Å². The summed E-state index contributed by atoms with van der Waals surface area (Å²) >= 11 is 3.52. The van der Waals surface area contributed by atoms with E-state index in [4.69, 9.17) is 0 Å². The summed E-state index contributed by atoms with van der Waals surface area (Å²) in [6.07, 6.45) is 0. The molecular weight excluding hydrogens is 512 g/mol. The van der Waals surface area contributed by atoms with Crippen LogP contribution < -0.4 is 5.43 Å². The summed E-state index contributed by atoms with van der Waals surface area (Å²) in [4.78, 5) is 27.2. The monoisotopic (exact) mass is 532 g/mol. The number of hydrogen-bond donors (Lipinski definition) is 1. The van der Waals surface area contributed by atoms with Crippen LogP contribution in [0.2, 0.25) is 0 Å². The number of halogens is 1. The van der Waals surface area contributed by atoms with E-state index in [1.807, 2.05) is 97.9 Å². The van der Waals surface area contributed by atoms with E-state index in [0.717, 1.165) is 38.0 Å². The summed E-state index contributed by atoms with van der Waals surface area (Å²) < 4.78 is 2.75. The number of carbonyl (C=O) groups excluding carboxylic acids is 2. The lowest BCUT2D eigenvalue weighted by atomic mass is 9.95. The average molecular weight is 533 g/mol. The third kappa shape index (κ3) is 3.60. The van der Waals surface area contributed by atoms with Crippen LogP contribution in [0.4, 0.5) is 0 Å². The first-order valence-corrected chi connectivity index (χ1v) is 12.4. The van der Waals surface area contributed by atoms with Gasteiger partial charge in [-0.05, 0) is 36.8 Å². The minimum absolute atomic E-state index is 0.0420. The molecule has 6 rings (SSSR count). The highest BCUT2D eigenvalue weighted by Gasteiger charge is 2.37. The van der Waals surface area contributed by atoms with Gasteiger partial charge in [-0.25, -0.2) is 0 Å². The lowest BCUT2D eigenvalue weighted by molar-refractivity contribution is 0.101. The Hall–Kier alpha value is -4.22. The summed E-state index contributed by atoms with van der Waals surface area (Å²) in [5.41, 5.74) is 10.9. The second kappa shape index (κ2) is 8.77. The molecule has 0 saturated carbocycles. The Bertz CT molecular complexity index is 1630. The van der Waals surface area contributed by atoms with Crippen LogP contribution in [0.5, 0.6) is 0 Å². The normalized spacial score (nSPS) is 11.8. The van der Waals surface area contributed by atoms with Gasteiger partial charge in [-0.15, -0.1) is 0 Å². The predicted octanol–water partition coefficient (Wildman–Crippen LogP) is 7.49. The molecule has 1 heterocycles. The molecule has 0 fully saturated rings. The van der Waals surface area contributed by atoms with E-state index < -0.39 is 0 Å². The smallest absolute Gasteiger partial charge is 0.270 e. The largest absolute Gasteiger partial charge is 0.288 e. The van der Waals surface area contributed by atoms with Crippen molar-refractivity contribution in [1.82, 2.24) is 4.68 Å². The van der Waals surface area contributed by atoms with E-state index in [1.165, 1.54) is 0 Å². The molecule has 1 N–H and O–H groups in total. The number of nitrogens with one attached hydrogen (secondary N) is 1. The number of hydrogen-bond acceptors (Lipinski definition) is 2. The van der Waals surface area contributed by atoms with Crippen molar-refractivity contribution in [1.29, 1.82) is 0 Å². The van der Waals surface area contributed by atoms with Crippen molar-refractivity contribution in [2.75, 3.05) is 5.43 Å². The van der Waals surface area contributed by atoms with Gasteiger partial charge in [0.25, 0.3) is 5.91 Å². The molecule has 1 aromatic heterocycles. The van der Waals surface area contributed by atoms with Crippen LogP contribution in [0, 0.1) is 6.92 Å². The maximum atomic E-state index is 13.8. The Labute approximate surface area is 217 Å². The van der Waals surface area contributed by atoms with E-state index in [2.05, 4.69) is 21.4 Å². The van der Waals surface area contributed by atoms with Crippen LogP contribution in [0.25, 0.3) is 33.6 Å².